The Bertz CT molecular complexity index is 457. The molecule has 0 aromatic rings. The van der Waals surface area contributed by atoms with Gasteiger partial charge in [-0.1, -0.05) is 12.8 Å². The molecule has 5 nitrogen and oxygen atoms in total. The average molecular weight is 321 g/mol. The molecule has 130 valence electrons. The Kier molecular flexibility index (Phi) is 6.88. The van der Waals surface area contributed by atoms with Crippen LogP contribution in [-0.2, 0) is 9.53 Å². The van der Waals surface area contributed by atoms with Crippen molar-refractivity contribution >= 4 is 5.91 Å². The molecular formula is C18H31N3O2. The molecule has 0 aromatic carbocycles. The fraction of sp³-hybridized carbons (Fsp3) is 0.833. The molecule has 0 unspecified atom stereocenters. The normalized spacial score (nSPS) is 26.9. The van der Waals surface area contributed by atoms with Gasteiger partial charge in [0.15, 0.2) is 0 Å². The van der Waals surface area contributed by atoms with Crippen molar-refractivity contribution in [2.24, 2.45) is 0 Å². The van der Waals surface area contributed by atoms with Gasteiger partial charge < -0.3 is 9.64 Å². The van der Waals surface area contributed by atoms with Crippen LogP contribution in [0.2, 0.25) is 0 Å². The number of amides is 1. The predicted molar refractivity (Wildman–Crippen MR) is 92.2 cm³/mol. The van der Waals surface area contributed by atoms with Gasteiger partial charge in [0.2, 0.25) is 5.91 Å². The lowest BCUT2D eigenvalue weighted by molar-refractivity contribution is -0.131. The first-order valence-electron chi connectivity index (χ1n) is 8.77. The molecule has 2 heterocycles. The molecule has 0 saturated carbocycles. The van der Waals surface area contributed by atoms with E-state index in [9.17, 15) is 4.79 Å². The minimum atomic E-state index is 0.115. The van der Waals surface area contributed by atoms with Crippen LogP contribution in [0.15, 0.2) is 0 Å². The first-order chi connectivity index (χ1) is 11.1. The number of methoxy groups -OCH3 is 1. The summed E-state index contributed by atoms with van der Waals surface area (Å²) in [5, 5.41) is 0. The number of piperazine rings is 1. The molecule has 5 heteroatoms. The zero-order chi connectivity index (χ0) is 16.7. The Morgan fingerprint density at radius 2 is 2.04 bits per heavy atom. The third-order valence-electron chi connectivity index (χ3n) is 5.25. The van der Waals surface area contributed by atoms with Crippen LogP contribution in [0.1, 0.15) is 32.6 Å². The number of likely N-dealkylation sites (N-methyl/N-ethyl adjacent to an activating group) is 1. The Hall–Kier alpha value is -1.09. The Labute approximate surface area is 140 Å². The summed E-state index contributed by atoms with van der Waals surface area (Å²) in [4.78, 5) is 19.3. The Morgan fingerprint density at radius 1 is 1.22 bits per heavy atom. The first kappa shape index (κ1) is 18.3. The summed E-state index contributed by atoms with van der Waals surface area (Å²) in [7, 11) is 3.90. The monoisotopic (exact) mass is 321 g/mol. The number of nitrogens with zero attached hydrogens (tertiary/aromatic N) is 3. The molecule has 0 aliphatic carbocycles. The standard InChI is InChI=1S/C18H31N3O2/c1-4-5-6-10-20-13-12-19(2)18(16-20)8-7-17(22)21(11-9-18)14-15-23-3/h4,7-16H2,1-3H3/t18-/m1/s1. The number of rotatable bonds is 4. The van der Waals surface area contributed by atoms with Crippen LogP contribution in [0.3, 0.4) is 0 Å². The third-order valence-corrected chi connectivity index (χ3v) is 5.25. The second kappa shape index (κ2) is 8.68. The van der Waals surface area contributed by atoms with Crippen LogP contribution in [-0.4, -0.2) is 86.2 Å². The summed E-state index contributed by atoms with van der Waals surface area (Å²) < 4.78 is 5.14. The first-order valence-corrected chi connectivity index (χ1v) is 8.77. The van der Waals surface area contributed by atoms with Gasteiger partial charge in [0.05, 0.1) is 13.2 Å². The number of likely N-dealkylation sites (tertiary alicyclic amines) is 1. The van der Waals surface area contributed by atoms with E-state index in [0.717, 1.165) is 52.0 Å². The van der Waals surface area contributed by atoms with Crippen molar-refractivity contribution < 1.29 is 9.53 Å². The van der Waals surface area contributed by atoms with E-state index in [1.807, 2.05) is 4.90 Å². The Balaban J connectivity index is 2.01. The summed E-state index contributed by atoms with van der Waals surface area (Å²) >= 11 is 0. The van der Waals surface area contributed by atoms with Crippen molar-refractivity contribution in [2.75, 3.05) is 60.0 Å². The van der Waals surface area contributed by atoms with Gasteiger partial charge >= 0.3 is 0 Å². The predicted octanol–water partition coefficient (Wildman–Crippen LogP) is 1.04. The van der Waals surface area contributed by atoms with Crippen molar-refractivity contribution in [2.45, 2.75) is 38.1 Å². The summed E-state index contributed by atoms with van der Waals surface area (Å²) in [6, 6.07) is 0. The van der Waals surface area contributed by atoms with Crippen molar-refractivity contribution in [3.05, 3.63) is 0 Å². The van der Waals surface area contributed by atoms with Crippen LogP contribution >= 0.6 is 0 Å². The highest BCUT2D eigenvalue weighted by Gasteiger charge is 2.41. The smallest absolute Gasteiger partial charge is 0.222 e. The minimum absolute atomic E-state index is 0.115. The molecular weight excluding hydrogens is 290 g/mol. The molecule has 23 heavy (non-hydrogen) atoms. The highest BCUT2D eigenvalue weighted by Crippen LogP contribution is 2.31. The van der Waals surface area contributed by atoms with E-state index in [0.29, 0.717) is 19.6 Å². The molecule has 2 aliphatic rings. The molecule has 2 saturated heterocycles. The van der Waals surface area contributed by atoms with Gasteiger partial charge in [-0.3, -0.25) is 14.6 Å². The highest BCUT2D eigenvalue weighted by atomic mass is 16.5. The van der Waals surface area contributed by atoms with E-state index < -0.39 is 0 Å². The average Bonchev–Trinajstić information content (AvgIpc) is 2.70. The van der Waals surface area contributed by atoms with Crippen molar-refractivity contribution in [3.8, 4) is 11.8 Å². The maximum absolute atomic E-state index is 12.4. The fourth-order valence-corrected chi connectivity index (χ4v) is 3.64. The van der Waals surface area contributed by atoms with Crippen molar-refractivity contribution in [1.82, 2.24) is 14.7 Å². The number of hydrogen-bond acceptors (Lipinski definition) is 4. The number of carbonyl (C=O) groups is 1. The quantitative estimate of drug-likeness (QED) is 0.725. The lowest BCUT2D eigenvalue weighted by atomic mass is 9.86. The SMILES string of the molecule is CCC#CCN1CCN(C)[C@@]2(CCC(=O)N(CCOC)CC2)C1. The summed E-state index contributed by atoms with van der Waals surface area (Å²) in [5.41, 5.74) is 0.115. The van der Waals surface area contributed by atoms with Crippen LogP contribution in [0, 0.1) is 11.8 Å². The molecule has 1 spiro atoms. The van der Waals surface area contributed by atoms with E-state index >= 15 is 0 Å². The topological polar surface area (TPSA) is 36.0 Å². The fourth-order valence-electron chi connectivity index (χ4n) is 3.64. The lowest BCUT2D eigenvalue weighted by Crippen LogP contribution is -2.61. The van der Waals surface area contributed by atoms with Gasteiger partial charge in [-0.25, -0.2) is 0 Å². The van der Waals surface area contributed by atoms with Crippen LogP contribution < -0.4 is 0 Å². The number of hydrogen-bond donors (Lipinski definition) is 0. The lowest BCUT2D eigenvalue weighted by Gasteiger charge is -2.49. The summed E-state index contributed by atoms with van der Waals surface area (Å²) in [6.07, 6.45) is 3.55. The van der Waals surface area contributed by atoms with Gasteiger partial charge in [0.1, 0.15) is 0 Å². The second-order valence-electron chi connectivity index (χ2n) is 6.69. The number of carbonyl (C=O) groups excluding carboxylic acids is 1. The molecule has 0 N–H and O–H groups in total. The van der Waals surface area contributed by atoms with Crippen LogP contribution in [0.5, 0.6) is 0 Å². The van der Waals surface area contributed by atoms with Gasteiger partial charge in [-0.15, -0.1) is 5.92 Å². The van der Waals surface area contributed by atoms with Crippen LogP contribution in [0.4, 0.5) is 0 Å². The van der Waals surface area contributed by atoms with E-state index in [1.54, 1.807) is 7.11 Å². The minimum Gasteiger partial charge on any atom is -0.383 e. The second-order valence-corrected chi connectivity index (χ2v) is 6.69. The molecule has 1 amide bonds. The van der Waals surface area contributed by atoms with E-state index in [4.69, 9.17) is 4.74 Å². The summed E-state index contributed by atoms with van der Waals surface area (Å²) in [5.74, 6) is 6.71. The van der Waals surface area contributed by atoms with Gasteiger partial charge in [0.25, 0.3) is 0 Å². The molecule has 0 aromatic heterocycles. The maximum atomic E-state index is 12.4. The van der Waals surface area contributed by atoms with Gasteiger partial charge in [0, 0.05) is 58.2 Å². The summed E-state index contributed by atoms with van der Waals surface area (Å²) in [6.45, 7) is 8.25. The zero-order valence-electron chi connectivity index (χ0n) is 14.9. The highest BCUT2D eigenvalue weighted by molar-refractivity contribution is 5.76. The van der Waals surface area contributed by atoms with Gasteiger partial charge in [-0.05, 0) is 19.9 Å². The molecule has 0 radical (unpaired) electrons. The zero-order valence-corrected chi connectivity index (χ0v) is 14.9. The van der Waals surface area contributed by atoms with Crippen LogP contribution in [0.25, 0.3) is 0 Å². The molecule has 2 aliphatic heterocycles. The maximum Gasteiger partial charge on any atom is 0.222 e. The third kappa shape index (κ3) is 4.69. The van der Waals surface area contributed by atoms with E-state index in [-0.39, 0.29) is 11.4 Å². The Morgan fingerprint density at radius 3 is 2.78 bits per heavy atom. The van der Waals surface area contributed by atoms with E-state index in [2.05, 4.69) is 35.6 Å². The molecule has 2 fully saturated rings. The van der Waals surface area contributed by atoms with E-state index in [1.165, 1.54) is 0 Å². The molecule has 2 rings (SSSR count). The molecule has 1 atom stereocenters. The van der Waals surface area contributed by atoms with Gasteiger partial charge in [-0.2, -0.15) is 0 Å². The van der Waals surface area contributed by atoms with Crippen molar-refractivity contribution in [1.29, 1.82) is 0 Å². The van der Waals surface area contributed by atoms with Crippen molar-refractivity contribution in [3.63, 3.8) is 0 Å². The largest absolute Gasteiger partial charge is 0.383 e. The number of ether oxygens (including phenoxy) is 1. The molecule has 0 bridgehead atoms.